The summed E-state index contributed by atoms with van der Waals surface area (Å²) in [5.41, 5.74) is 5.76. The molecule has 0 radical (unpaired) electrons. The first-order valence-electron chi connectivity index (χ1n) is 5.67. The predicted octanol–water partition coefficient (Wildman–Crippen LogP) is 3.04. The van der Waals surface area contributed by atoms with Gasteiger partial charge in [-0.2, -0.15) is 0 Å². The maximum Gasteiger partial charge on any atom is 0.249 e. The van der Waals surface area contributed by atoms with E-state index in [4.69, 9.17) is 5.73 Å². The zero-order chi connectivity index (χ0) is 11.7. The van der Waals surface area contributed by atoms with Crippen LogP contribution in [0.4, 0.5) is 8.78 Å². The first kappa shape index (κ1) is 11.3. The summed E-state index contributed by atoms with van der Waals surface area (Å²) in [5.74, 6) is -2.11. The first-order chi connectivity index (χ1) is 6.59. The van der Waals surface area contributed by atoms with Crippen LogP contribution in [0.5, 0.6) is 0 Å². The summed E-state index contributed by atoms with van der Waals surface area (Å²) in [5, 5.41) is 0. The standard InChI is InChI=1S/C12H21F2N/c1-9(2)8(10(9,3)4)11(7-15)5-12(13,14)6-11/h8H,5-7,15H2,1-4H3. The maximum atomic E-state index is 13.1. The minimum Gasteiger partial charge on any atom is -0.330 e. The predicted molar refractivity (Wildman–Crippen MR) is 56.7 cm³/mol. The number of rotatable bonds is 2. The third-order valence-electron chi connectivity index (χ3n) is 5.26. The Balaban J connectivity index is 2.19. The molecule has 2 fully saturated rings. The lowest BCUT2D eigenvalue weighted by Gasteiger charge is -2.48. The van der Waals surface area contributed by atoms with Crippen molar-refractivity contribution >= 4 is 0 Å². The second kappa shape index (κ2) is 2.55. The van der Waals surface area contributed by atoms with E-state index in [1.165, 1.54) is 0 Å². The average Bonchev–Trinajstić information content (AvgIpc) is 2.38. The van der Waals surface area contributed by atoms with Gasteiger partial charge >= 0.3 is 0 Å². The van der Waals surface area contributed by atoms with Crippen LogP contribution in [-0.2, 0) is 0 Å². The lowest BCUT2D eigenvalue weighted by atomic mass is 9.60. The van der Waals surface area contributed by atoms with Crippen LogP contribution in [0.25, 0.3) is 0 Å². The summed E-state index contributed by atoms with van der Waals surface area (Å²) in [6, 6.07) is 0. The molecule has 2 N–H and O–H groups in total. The molecule has 0 aromatic heterocycles. The molecule has 0 aliphatic heterocycles. The van der Waals surface area contributed by atoms with E-state index in [0.717, 1.165) is 0 Å². The molecule has 3 heteroatoms. The van der Waals surface area contributed by atoms with Crippen molar-refractivity contribution in [3.63, 3.8) is 0 Å². The van der Waals surface area contributed by atoms with Crippen molar-refractivity contribution in [1.29, 1.82) is 0 Å². The Kier molecular flexibility index (Phi) is 1.93. The molecule has 88 valence electrons. The van der Waals surface area contributed by atoms with E-state index >= 15 is 0 Å². The van der Waals surface area contributed by atoms with Crippen LogP contribution in [0.2, 0.25) is 0 Å². The zero-order valence-electron chi connectivity index (χ0n) is 10.0. The fourth-order valence-corrected chi connectivity index (χ4v) is 4.17. The van der Waals surface area contributed by atoms with Gasteiger partial charge in [0.15, 0.2) is 0 Å². The van der Waals surface area contributed by atoms with E-state index in [1.54, 1.807) is 0 Å². The van der Waals surface area contributed by atoms with Gasteiger partial charge < -0.3 is 5.73 Å². The zero-order valence-corrected chi connectivity index (χ0v) is 10.0. The van der Waals surface area contributed by atoms with E-state index < -0.39 is 5.92 Å². The van der Waals surface area contributed by atoms with Crippen molar-refractivity contribution in [2.45, 2.75) is 46.5 Å². The van der Waals surface area contributed by atoms with Gasteiger partial charge in [-0.3, -0.25) is 0 Å². The van der Waals surface area contributed by atoms with Crippen LogP contribution in [-0.4, -0.2) is 12.5 Å². The van der Waals surface area contributed by atoms with Crippen molar-refractivity contribution in [1.82, 2.24) is 0 Å². The topological polar surface area (TPSA) is 26.0 Å². The molecule has 2 saturated carbocycles. The molecule has 0 heterocycles. The summed E-state index contributed by atoms with van der Waals surface area (Å²) in [6.07, 6.45) is -0.0119. The third kappa shape index (κ3) is 1.22. The molecule has 2 rings (SSSR count). The Hall–Kier alpha value is -0.180. The largest absolute Gasteiger partial charge is 0.330 e. The van der Waals surface area contributed by atoms with Gasteiger partial charge in [-0.15, -0.1) is 0 Å². The minimum atomic E-state index is -2.46. The molecule has 0 amide bonds. The fraction of sp³-hybridized carbons (Fsp3) is 1.00. The van der Waals surface area contributed by atoms with E-state index in [9.17, 15) is 8.78 Å². The molecule has 0 bridgehead atoms. The summed E-state index contributed by atoms with van der Waals surface area (Å²) in [6.45, 7) is 9.09. The summed E-state index contributed by atoms with van der Waals surface area (Å²) < 4.78 is 26.1. The van der Waals surface area contributed by atoms with Crippen molar-refractivity contribution in [2.24, 2.45) is 27.9 Å². The number of halogens is 2. The van der Waals surface area contributed by atoms with Crippen molar-refractivity contribution in [2.75, 3.05) is 6.54 Å². The molecule has 0 aromatic rings. The van der Waals surface area contributed by atoms with Crippen LogP contribution in [0, 0.1) is 22.2 Å². The van der Waals surface area contributed by atoms with Crippen LogP contribution >= 0.6 is 0 Å². The number of nitrogens with two attached hydrogens (primary N) is 1. The van der Waals surface area contributed by atoms with Gasteiger partial charge in [0, 0.05) is 12.8 Å². The minimum absolute atomic E-state index is 0.00593. The summed E-state index contributed by atoms with van der Waals surface area (Å²) in [7, 11) is 0. The van der Waals surface area contributed by atoms with Crippen molar-refractivity contribution in [3.8, 4) is 0 Å². The van der Waals surface area contributed by atoms with Gasteiger partial charge in [0.05, 0.1) is 0 Å². The Bertz CT molecular complexity index is 272. The quantitative estimate of drug-likeness (QED) is 0.756. The van der Waals surface area contributed by atoms with Crippen molar-refractivity contribution < 1.29 is 8.78 Å². The monoisotopic (exact) mass is 217 g/mol. The molecular weight excluding hydrogens is 196 g/mol. The Morgan fingerprint density at radius 1 is 1.07 bits per heavy atom. The highest BCUT2D eigenvalue weighted by atomic mass is 19.3. The van der Waals surface area contributed by atoms with Crippen LogP contribution < -0.4 is 5.73 Å². The van der Waals surface area contributed by atoms with E-state index in [0.29, 0.717) is 12.5 Å². The molecule has 0 atom stereocenters. The second-order valence-corrected chi connectivity index (χ2v) is 6.65. The van der Waals surface area contributed by atoms with E-state index in [2.05, 4.69) is 27.7 Å². The highest BCUT2D eigenvalue weighted by molar-refractivity contribution is 5.22. The summed E-state index contributed by atoms with van der Waals surface area (Å²) >= 11 is 0. The maximum absolute atomic E-state index is 13.1. The normalized spacial score (nSPS) is 34.6. The van der Waals surface area contributed by atoms with Crippen LogP contribution in [0.3, 0.4) is 0 Å². The third-order valence-corrected chi connectivity index (χ3v) is 5.26. The Labute approximate surface area is 90.4 Å². The van der Waals surface area contributed by atoms with Crippen LogP contribution in [0.15, 0.2) is 0 Å². The van der Waals surface area contributed by atoms with Gasteiger partial charge in [-0.1, -0.05) is 27.7 Å². The van der Waals surface area contributed by atoms with Gasteiger partial charge in [0.2, 0.25) is 5.92 Å². The number of alkyl halides is 2. The van der Waals surface area contributed by atoms with Gasteiger partial charge in [0.1, 0.15) is 0 Å². The Morgan fingerprint density at radius 3 is 1.67 bits per heavy atom. The molecule has 2 aliphatic carbocycles. The molecule has 0 aromatic carbocycles. The molecule has 1 nitrogen and oxygen atoms in total. The molecule has 2 aliphatic rings. The fourth-order valence-electron chi connectivity index (χ4n) is 4.17. The molecule has 0 spiro atoms. The van der Waals surface area contributed by atoms with Gasteiger partial charge in [-0.05, 0) is 28.7 Å². The lowest BCUT2D eigenvalue weighted by Crippen LogP contribution is -2.53. The number of hydrogen-bond donors (Lipinski definition) is 1. The number of hydrogen-bond acceptors (Lipinski definition) is 1. The molecule has 15 heavy (non-hydrogen) atoms. The molecule has 0 saturated heterocycles. The lowest BCUT2D eigenvalue weighted by molar-refractivity contribution is -0.171. The smallest absolute Gasteiger partial charge is 0.249 e. The first-order valence-corrected chi connectivity index (χ1v) is 5.67. The second-order valence-electron chi connectivity index (χ2n) is 6.65. The molecule has 0 unspecified atom stereocenters. The van der Waals surface area contributed by atoms with E-state index in [1.807, 2.05) is 0 Å². The van der Waals surface area contributed by atoms with Gasteiger partial charge in [0.25, 0.3) is 0 Å². The highest BCUT2D eigenvalue weighted by Crippen LogP contribution is 2.78. The summed E-state index contributed by atoms with van der Waals surface area (Å²) in [4.78, 5) is 0. The van der Waals surface area contributed by atoms with E-state index in [-0.39, 0.29) is 29.1 Å². The molecular formula is C12H21F2N. The highest BCUT2D eigenvalue weighted by Gasteiger charge is 2.76. The SMILES string of the molecule is CC1(C)C(C2(CN)CC(F)(F)C2)C1(C)C. The van der Waals surface area contributed by atoms with Crippen molar-refractivity contribution in [3.05, 3.63) is 0 Å². The van der Waals surface area contributed by atoms with Gasteiger partial charge in [-0.25, -0.2) is 8.78 Å². The Morgan fingerprint density at radius 2 is 1.47 bits per heavy atom. The average molecular weight is 217 g/mol. The van der Waals surface area contributed by atoms with Crippen LogP contribution in [0.1, 0.15) is 40.5 Å².